The van der Waals surface area contributed by atoms with Crippen LogP contribution in [-0.4, -0.2) is 36.9 Å². The molecule has 0 spiro atoms. The van der Waals surface area contributed by atoms with Gasteiger partial charge in [-0.3, -0.25) is 0 Å². The molecule has 0 amide bonds. The van der Waals surface area contributed by atoms with E-state index >= 15 is 0 Å². The molecule has 1 N–H and O–H groups in total. The van der Waals surface area contributed by atoms with Crippen LogP contribution >= 0.6 is 0 Å². The Morgan fingerprint density at radius 2 is 1.76 bits per heavy atom. The quantitative estimate of drug-likeness (QED) is 0.756. The molecule has 1 rings (SSSR count). The van der Waals surface area contributed by atoms with Crippen LogP contribution in [0.3, 0.4) is 0 Å². The molecule has 6 nitrogen and oxygen atoms in total. The first kappa shape index (κ1) is 17.7. The molecule has 0 aromatic carbocycles. The summed E-state index contributed by atoms with van der Waals surface area (Å²) in [4.78, 5) is 10.9. The van der Waals surface area contributed by atoms with Gasteiger partial charge in [-0.05, 0) is 19.8 Å². The molecule has 0 saturated heterocycles. The number of aryl methyl sites for hydroxylation is 1. The Morgan fingerprint density at radius 3 is 2.14 bits per heavy atom. The fourth-order valence-electron chi connectivity index (χ4n) is 1.99. The molecule has 7 heteroatoms. The Kier molecular flexibility index (Phi) is 6.42. The van der Waals surface area contributed by atoms with E-state index in [1.807, 2.05) is 13.8 Å². The van der Waals surface area contributed by atoms with Gasteiger partial charge in [0, 0.05) is 19.2 Å². The van der Waals surface area contributed by atoms with Gasteiger partial charge in [0.05, 0.1) is 0 Å². The van der Waals surface area contributed by atoms with Crippen LogP contribution in [0.5, 0.6) is 0 Å². The summed E-state index contributed by atoms with van der Waals surface area (Å²) in [6, 6.07) is 1.10. The van der Waals surface area contributed by atoms with E-state index in [2.05, 4.69) is 0 Å². The van der Waals surface area contributed by atoms with Gasteiger partial charge in [0.25, 0.3) is 0 Å². The molecule has 1 heterocycles. The van der Waals surface area contributed by atoms with Crippen molar-refractivity contribution in [1.82, 2.24) is 4.31 Å². The Morgan fingerprint density at radius 1 is 1.24 bits per heavy atom. The van der Waals surface area contributed by atoms with Crippen molar-refractivity contribution >= 4 is 16.0 Å². The lowest BCUT2D eigenvalue weighted by molar-refractivity contribution is 0.0661. The molecular formula is C14H23NO5S. The standard InChI is InChI=1S/C14H23NO5S/c1-4-6-8-15(9-7-5-2)21(18,19)13-10-12(14(16)17)20-11(13)3/h10H,4-9H2,1-3H3,(H,16,17). The Labute approximate surface area is 125 Å². The van der Waals surface area contributed by atoms with Crippen LogP contribution in [0.4, 0.5) is 0 Å². The minimum atomic E-state index is -3.71. The zero-order chi connectivity index (χ0) is 16.0. The zero-order valence-corrected chi connectivity index (χ0v) is 13.6. The first-order chi connectivity index (χ1) is 9.84. The minimum absolute atomic E-state index is 0.0490. The van der Waals surface area contributed by atoms with Crippen LogP contribution in [0.15, 0.2) is 15.4 Å². The third kappa shape index (κ3) is 4.31. The Hall–Kier alpha value is -1.34. The molecule has 0 aliphatic rings. The summed E-state index contributed by atoms with van der Waals surface area (Å²) in [7, 11) is -3.71. The van der Waals surface area contributed by atoms with Crippen LogP contribution in [0.25, 0.3) is 0 Å². The van der Waals surface area contributed by atoms with Gasteiger partial charge >= 0.3 is 5.97 Å². The largest absolute Gasteiger partial charge is 0.475 e. The van der Waals surface area contributed by atoms with Gasteiger partial charge in [-0.15, -0.1) is 0 Å². The smallest absolute Gasteiger partial charge is 0.371 e. The molecule has 0 saturated carbocycles. The van der Waals surface area contributed by atoms with Crippen LogP contribution in [-0.2, 0) is 10.0 Å². The predicted molar refractivity (Wildman–Crippen MR) is 79.0 cm³/mol. The summed E-state index contributed by atoms with van der Waals surface area (Å²) in [5.74, 6) is -1.50. The second-order valence-corrected chi connectivity index (χ2v) is 6.85. The highest BCUT2D eigenvalue weighted by atomic mass is 32.2. The molecule has 0 unspecified atom stereocenters. The van der Waals surface area contributed by atoms with Crippen molar-refractivity contribution in [2.45, 2.75) is 51.3 Å². The van der Waals surface area contributed by atoms with Crippen LogP contribution in [0.2, 0.25) is 0 Å². The number of unbranched alkanes of at least 4 members (excludes halogenated alkanes) is 2. The summed E-state index contributed by atoms with van der Waals surface area (Å²) in [5, 5.41) is 8.91. The number of hydrogen-bond acceptors (Lipinski definition) is 4. The fraction of sp³-hybridized carbons (Fsp3) is 0.643. The van der Waals surface area contributed by atoms with E-state index in [0.29, 0.717) is 13.1 Å². The first-order valence-electron chi connectivity index (χ1n) is 7.18. The second kappa shape index (κ2) is 7.61. The Bertz CT molecular complexity index is 568. The lowest BCUT2D eigenvalue weighted by Gasteiger charge is -2.21. The van der Waals surface area contributed by atoms with E-state index in [1.165, 1.54) is 11.2 Å². The molecule has 0 radical (unpaired) electrons. The molecule has 0 atom stereocenters. The summed E-state index contributed by atoms with van der Waals surface area (Å²) in [6.07, 6.45) is 3.32. The highest BCUT2D eigenvalue weighted by Crippen LogP contribution is 2.24. The van der Waals surface area contributed by atoms with E-state index in [9.17, 15) is 13.2 Å². The summed E-state index contributed by atoms with van der Waals surface area (Å²) < 4.78 is 31.8. The van der Waals surface area contributed by atoms with Gasteiger partial charge in [0.2, 0.25) is 15.8 Å². The molecule has 1 aromatic heterocycles. The predicted octanol–water partition coefficient (Wildman–Crippen LogP) is 2.88. The number of nitrogens with zero attached hydrogens (tertiary/aromatic N) is 1. The number of sulfonamides is 1. The van der Waals surface area contributed by atoms with Crippen LogP contribution in [0, 0.1) is 6.92 Å². The molecule has 0 bridgehead atoms. The third-order valence-corrected chi connectivity index (χ3v) is 5.23. The fourth-order valence-corrected chi connectivity index (χ4v) is 3.67. The molecule has 120 valence electrons. The van der Waals surface area contributed by atoms with Gasteiger partial charge in [-0.1, -0.05) is 26.7 Å². The third-order valence-electron chi connectivity index (χ3n) is 3.22. The lowest BCUT2D eigenvalue weighted by Crippen LogP contribution is -2.33. The van der Waals surface area contributed by atoms with Crippen molar-refractivity contribution in [3.05, 3.63) is 17.6 Å². The van der Waals surface area contributed by atoms with E-state index < -0.39 is 16.0 Å². The number of carboxylic acids is 1. The monoisotopic (exact) mass is 317 g/mol. The molecule has 0 fully saturated rings. The average Bonchev–Trinajstić information content (AvgIpc) is 2.81. The number of aromatic carboxylic acids is 1. The summed E-state index contributed by atoms with van der Waals surface area (Å²) >= 11 is 0. The van der Waals surface area contributed by atoms with Crippen LogP contribution in [0.1, 0.15) is 55.8 Å². The summed E-state index contributed by atoms with van der Waals surface area (Å²) in [6.45, 7) is 6.33. The van der Waals surface area contributed by atoms with Crippen molar-refractivity contribution in [3.63, 3.8) is 0 Å². The normalized spacial score (nSPS) is 12.0. The van der Waals surface area contributed by atoms with Gasteiger partial charge in [0.1, 0.15) is 10.7 Å². The number of carboxylic acid groups (broad SMARTS) is 1. The van der Waals surface area contributed by atoms with Crippen molar-refractivity contribution in [3.8, 4) is 0 Å². The van der Waals surface area contributed by atoms with Crippen LogP contribution < -0.4 is 0 Å². The van der Waals surface area contributed by atoms with Crippen molar-refractivity contribution < 1.29 is 22.7 Å². The van der Waals surface area contributed by atoms with Crippen molar-refractivity contribution in [2.75, 3.05) is 13.1 Å². The van der Waals surface area contributed by atoms with Crippen molar-refractivity contribution in [2.24, 2.45) is 0 Å². The molecule has 0 aliphatic heterocycles. The minimum Gasteiger partial charge on any atom is -0.475 e. The molecular weight excluding hydrogens is 294 g/mol. The highest BCUT2D eigenvalue weighted by Gasteiger charge is 2.29. The Balaban J connectivity index is 3.11. The molecule has 1 aromatic rings. The SMILES string of the molecule is CCCCN(CCCC)S(=O)(=O)c1cc(C(=O)O)oc1C. The van der Waals surface area contributed by atoms with Gasteiger partial charge in [-0.2, -0.15) is 4.31 Å². The average molecular weight is 317 g/mol. The van der Waals surface area contributed by atoms with Crippen molar-refractivity contribution in [1.29, 1.82) is 0 Å². The topological polar surface area (TPSA) is 87.8 Å². The molecule has 0 aliphatic carbocycles. The van der Waals surface area contributed by atoms with Gasteiger partial charge in [0.15, 0.2) is 0 Å². The van der Waals surface area contributed by atoms with E-state index in [1.54, 1.807) is 0 Å². The van der Waals surface area contributed by atoms with E-state index in [-0.39, 0.29) is 16.4 Å². The first-order valence-corrected chi connectivity index (χ1v) is 8.62. The van der Waals surface area contributed by atoms with E-state index in [4.69, 9.17) is 9.52 Å². The number of rotatable bonds is 9. The van der Waals surface area contributed by atoms with E-state index in [0.717, 1.165) is 31.7 Å². The maximum absolute atomic E-state index is 12.7. The highest BCUT2D eigenvalue weighted by molar-refractivity contribution is 7.89. The maximum Gasteiger partial charge on any atom is 0.371 e. The number of furan rings is 1. The number of hydrogen-bond donors (Lipinski definition) is 1. The van der Waals surface area contributed by atoms with Gasteiger partial charge < -0.3 is 9.52 Å². The number of carbonyl (C=O) groups is 1. The lowest BCUT2D eigenvalue weighted by atomic mass is 10.3. The van der Waals surface area contributed by atoms with Gasteiger partial charge in [-0.25, -0.2) is 13.2 Å². The summed E-state index contributed by atoms with van der Waals surface area (Å²) in [5.41, 5.74) is 0. The maximum atomic E-state index is 12.7. The second-order valence-electron chi connectivity index (χ2n) is 4.95. The zero-order valence-electron chi connectivity index (χ0n) is 12.8. The molecule has 21 heavy (non-hydrogen) atoms.